The first kappa shape index (κ1) is 12.7. The van der Waals surface area contributed by atoms with Gasteiger partial charge in [-0.25, -0.2) is 0 Å². The van der Waals surface area contributed by atoms with Crippen LogP contribution in [-0.2, 0) is 0 Å². The fourth-order valence-electron chi connectivity index (χ4n) is 1.33. The monoisotopic (exact) mass is 226 g/mol. The van der Waals surface area contributed by atoms with Crippen LogP contribution < -0.4 is 11.1 Å². The highest BCUT2D eigenvalue weighted by atomic mass is 16.3. The summed E-state index contributed by atoms with van der Waals surface area (Å²) in [5, 5.41) is 11.8. The lowest BCUT2D eigenvalue weighted by molar-refractivity contribution is 0.0936. The van der Waals surface area contributed by atoms with Gasteiger partial charge in [0.15, 0.2) is 0 Å². The van der Waals surface area contributed by atoms with Gasteiger partial charge in [-0.1, -0.05) is 0 Å². The molecular formula is C11H18N2O3. The van der Waals surface area contributed by atoms with E-state index in [1.54, 1.807) is 26.8 Å². The van der Waals surface area contributed by atoms with Crippen LogP contribution in [0.1, 0.15) is 28.8 Å². The van der Waals surface area contributed by atoms with E-state index in [0.29, 0.717) is 17.1 Å². The fraction of sp³-hybridized carbons (Fsp3) is 0.545. The first-order valence-electron chi connectivity index (χ1n) is 5.20. The Hall–Kier alpha value is -1.33. The maximum Gasteiger partial charge on any atom is 0.254 e. The third-order valence-corrected chi connectivity index (χ3v) is 2.40. The van der Waals surface area contributed by atoms with Gasteiger partial charge in [0.25, 0.3) is 5.91 Å². The first-order valence-corrected chi connectivity index (χ1v) is 5.20. The van der Waals surface area contributed by atoms with Crippen molar-refractivity contribution < 1.29 is 14.3 Å². The molecule has 0 aliphatic heterocycles. The highest BCUT2D eigenvalue weighted by molar-refractivity contribution is 5.95. The molecule has 2 atom stereocenters. The summed E-state index contributed by atoms with van der Waals surface area (Å²) in [6, 6.07) is 1.22. The molecule has 0 bridgehead atoms. The lowest BCUT2D eigenvalue weighted by Crippen LogP contribution is -2.43. The maximum atomic E-state index is 11.7. The van der Waals surface area contributed by atoms with Crippen molar-refractivity contribution >= 4 is 5.91 Å². The molecule has 0 aliphatic rings. The van der Waals surface area contributed by atoms with E-state index < -0.39 is 12.1 Å². The molecule has 0 radical (unpaired) electrons. The van der Waals surface area contributed by atoms with Gasteiger partial charge in [-0.05, 0) is 26.8 Å². The molecule has 2 unspecified atom stereocenters. The van der Waals surface area contributed by atoms with Crippen LogP contribution in [0, 0.1) is 13.8 Å². The fourth-order valence-corrected chi connectivity index (χ4v) is 1.33. The van der Waals surface area contributed by atoms with E-state index in [9.17, 15) is 4.79 Å². The average molecular weight is 226 g/mol. The number of aliphatic hydroxyl groups is 1. The number of aryl methyl sites for hydroxylation is 2. The lowest BCUT2D eigenvalue weighted by Gasteiger charge is -2.14. The van der Waals surface area contributed by atoms with Crippen LogP contribution in [0.5, 0.6) is 0 Å². The summed E-state index contributed by atoms with van der Waals surface area (Å²) < 4.78 is 5.25. The number of hydrogen-bond donors (Lipinski definition) is 3. The summed E-state index contributed by atoms with van der Waals surface area (Å²) in [5.41, 5.74) is 6.11. The third-order valence-electron chi connectivity index (χ3n) is 2.40. The van der Waals surface area contributed by atoms with Gasteiger partial charge in [-0.2, -0.15) is 0 Å². The Bertz CT molecular complexity index is 371. The number of rotatable bonds is 4. The predicted octanol–water partition coefficient (Wildman–Crippen LogP) is 0.334. The molecule has 4 N–H and O–H groups in total. The Kier molecular flexibility index (Phi) is 4.09. The van der Waals surface area contributed by atoms with Crippen LogP contribution in [0.25, 0.3) is 0 Å². The van der Waals surface area contributed by atoms with Crippen molar-refractivity contribution in [3.63, 3.8) is 0 Å². The van der Waals surface area contributed by atoms with Gasteiger partial charge in [-0.15, -0.1) is 0 Å². The Balaban J connectivity index is 2.56. The van der Waals surface area contributed by atoms with Crippen molar-refractivity contribution in [1.82, 2.24) is 5.32 Å². The van der Waals surface area contributed by atoms with Gasteiger partial charge in [0, 0.05) is 12.6 Å². The van der Waals surface area contributed by atoms with E-state index in [0.717, 1.165) is 0 Å². The maximum absolute atomic E-state index is 11.7. The van der Waals surface area contributed by atoms with E-state index in [1.807, 2.05) is 0 Å². The quantitative estimate of drug-likeness (QED) is 0.690. The molecule has 0 saturated carbocycles. The summed E-state index contributed by atoms with van der Waals surface area (Å²) in [6.45, 7) is 5.34. The summed E-state index contributed by atoms with van der Waals surface area (Å²) in [6.07, 6.45) is -0.646. The van der Waals surface area contributed by atoms with Crippen LogP contribution in [0.3, 0.4) is 0 Å². The average Bonchev–Trinajstić information content (AvgIpc) is 2.53. The minimum absolute atomic E-state index is 0.231. The molecule has 1 aromatic heterocycles. The highest BCUT2D eigenvalue weighted by Crippen LogP contribution is 2.13. The highest BCUT2D eigenvalue weighted by Gasteiger charge is 2.15. The van der Waals surface area contributed by atoms with Crippen molar-refractivity contribution in [3.05, 3.63) is 23.2 Å². The van der Waals surface area contributed by atoms with Crippen molar-refractivity contribution in [1.29, 1.82) is 0 Å². The van der Waals surface area contributed by atoms with E-state index in [2.05, 4.69) is 5.32 Å². The van der Waals surface area contributed by atoms with Crippen LogP contribution in [0.2, 0.25) is 0 Å². The molecule has 0 spiro atoms. The van der Waals surface area contributed by atoms with Crippen LogP contribution in [-0.4, -0.2) is 29.7 Å². The zero-order valence-electron chi connectivity index (χ0n) is 9.78. The number of furan rings is 1. The molecule has 0 saturated heterocycles. The lowest BCUT2D eigenvalue weighted by atomic mass is 10.2. The largest absolute Gasteiger partial charge is 0.466 e. The smallest absolute Gasteiger partial charge is 0.254 e. The molecule has 0 aliphatic carbocycles. The van der Waals surface area contributed by atoms with Crippen LogP contribution >= 0.6 is 0 Å². The minimum atomic E-state index is -0.646. The van der Waals surface area contributed by atoms with Crippen molar-refractivity contribution in [2.75, 3.05) is 6.54 Å². The topological polar surface area (TPSA) is 88.5 Å². The van der Waals surface area contributed by atoms with Gasteiger partial charge in [0.05, 0.1) is 11.7 Å². The SMILES string of the molecule is Cc1cc(C(=O)NCC(N)C(C)O)c(C)o1. The zero-order chi connectivity index (χ0) is 12.3. The second-order valence-corrected chi connectivity index (χ2v) is 3.94. The summed E-state index contributed by atoms with van der Waals surface area (Å²) in [5.74, 6) is 1.05. The van der Waals surface area contributed by atoms with Gasteiger partial charge >= 0.3 is 0 Å². The van der Waals surface area contributed by atoms with E-state index in [1.165, 1.54) is 0 Å². The van der Waals surface area contributed by atoms with Crippen molar-refractivity contribution in [2.24, 2.45) is 5.73 Å². The second-order valence-electron chi connectivity index (χ2n) is 3.94. The number of aliphatic hydroxyl groups excluding tert-OH is 1. The van der Waals surface area contributed by atoms with Gasteiger partial charge < -0.3 is 20.6 Å². The molecule has 1 heterocycles. The minimum Gasteiger partial charge on any atom is -0.466 e. The van der Waals surface area contributed by atoms with Gasteiger partial charge in [-0.3, -0.25) is 4.79 Å². The van der Waals surface area contributed by atoms with Crippen molar-refractivity contribution in [3.8, 4) is 0 Å². The molecule has 1 aromatic rings. The molecule has 1 amide bonds. The molecule has 0 aromatic carbocycles. The predicted molar refractivity (Wildman–Crippen MR) is 60.2 cm³/mol. The second kappa shape index (κ2) is 5.14. The first-order chi connectivity index (χ1) is 7.41. The van der Waals surface area contributed by atoms with Crippen LogP contribution in [0.15, 0.2) is 10.5 Å². The summed E-state index contributed by atoms with van der Waals surface area (Å²) in [7, 11) is 0. The Morgan fingerprint density at radius 1 is 1.62 bits per heavy atom. The molecule has 90 valence electrons. The summed E-state index contributed by atoms with van der Waals surface area (Å²) >= 11 is 0. The van der Waals surface area contributed by atoms with Crippen LogP contribution in [0.4, 0.5) is 0 Å². The Morgan fingerprint density at radius 2 is 2.25 bits per heavy atom. The molecule has 5 heteroatoms. The molecule has 5 nitrogen and oxygen atoms in total. The molecule has 1 rings (SSSR count). The van der Waals surface area contributed by atoms with Gasteiger partial charge in [0.2, 0.25) is 0 Å². The Labute approximate surface area is 94.6 Å². The molecule has 16 heavy (non-hydrogen) atoms. The van der Waals surface area contributed by atoms with E-state index >= 15 is 0 Å². The standard InChI is InChI=1S/C11H18N2O3/c1-6-4-9(8(3)16-6)11(15)13-5-10(12)7(2)14/h4,7,10,14H,5,12H2,1-3H3,(H,13,15). The Morgan fingerprint density at radius 3 is 2.69 bits per heavy atom. The third kappa shape index (κ3) is 3.08. The number of amides is 1. The number of nitrogens with two attached hydrogens (primary N) is 1. The summed E-state index contributed by atoms with van der Waals surface area (Å²) in [4.78, 5) is 11.7. The zero-order valence-corrected chi connectivity index (χ0v) is 9.78. The number of hydrogen-bond acceptors (Lipinski definition) is 4. The number of carbonyl (C=O) groups is 1. The normalized spacial score (nSPS) is 14.6. The number of carbonyl (C=O) groups excluding carboxylic acids is 1. The van der Waals surface area contributed by atoms with Crippen molar-refractivity contribution in [2.45, 2.75) is 32.9 Å². The van der Waals surface area contributed by atoms with E-state index in [4.69, 9.17) is 15.3 Å². The number of nitrogens with one attached hydrogen (secondary N) is 1. The van der Waals surface area contributed by atoms with Gasteiger partial charge in [0.1, 0.15) is 11.5 Å². The molecule has 0 fully saturated rings. The van der Waals surface area contributed by atoms with E-state index in [-0.39, 0.29) is 12.5 Å². The molecular weight excluding hydrogens is 208 g/mol.